The fourth-order valence-electron chi connectivity index (χ4n) is 2.06. The predicted octanol–water partition coefficient (Wildman–Crippen LogP) is 2.36. The number of aryl methyl sites for hydroxylation is 2. The Morgan fingerprint density at radius 1 is 1.44 bits per heavy atom. The first-order valence-corrected chi connectivity index (χ1v) is 6.32. The molecular weight excluding hydrogens is 224 g/mol. The number of nitrogens with one attached hydrogen (secondary N) is 1. The molecule has 4 nitrogen and oxygen atoms in total. The van der Waals surface area contributed by atoms with E-state index in [1.165, 1.54) is 0 Å². The first-order chi connectivity index (χ1) is 8.47. The van der Waals surface area contributed by atoms with Crippen LogP contribution in [-0.4, -0.2) is 17.6 Å². The van der Waals surface area contributed by atoms with Crippen molar-refractivity contribution in [3.8, 4) is 6.07 Å². The molecule has 1 aromatic heterocycles. The van der Waals surface area contributed by atoms with Gasteiger partial charge >= 0.3 is 0 Å². The Labute approximate surface area is 109 Å². The van der Waals surface area contributed by atoms with Crippen LogP contribution in [0.2, 0.25) is 0 Å². The first-order valence-electron chi connectivity index (χ1n) is 6.32. The van der Waals surface area contributed by atoms with E-state index >= 15 is 0 Å². The third-order valence-corrected chi connectivity index (χ3v) is 2.84. The van der Waals surface area contributed by atoms with E-state index in [0.717, 1.165) is 17.7 Å². The molecule has 0 aromatic carbocycles. The number of nitrogens with zero attached hydrogens (tertiary/aromatic N) is 2. The highest BCUT2D eigenvalue weighted by molar-refractivity contribution is 5.56. The molecule has 0 amide bonds. The van der Waals surface area contributed by atoms with Gasteiger partial charge in [0.2, 0.25) is 0 Å². The molecule has 1 heterocycles. The van der Waals surface area contributed by atoms with Gasteiger partial charge in [-0.1, -0.05) is 13.8 Å². The fraction of sp³-hybridized carbons (Fsp3) is 0.571. The Kier molecular flexibility index (Phi) is 5.11. The van der Waals surface area contributed by atoms with Gasteiger partial charge in [-0.05, 0) is 37.8 Å². The number of hydrogen-bond donors (Lipinski definition) is 2. The molecule has 0 spiro atoms. The van der Waals surface area contributed by atoms with E-state index in [0.29, 0.717) is 23.8 Å². The minimum absolute atomic E-state index is 0.158. The molecule has 0 saturated heterocycles. The van der Waals surface area contributed by atoms with Crippen LogP contribution in [-0.2, 0) is 0 Å². The van der Waals surface area contributed by atoms with E-state index in [-0.39, 0.29) is 6.04 Å². The number of nitriles is 1. The zero-order chi connectivity index (χ0) is 13.7. The van der Waals surface area contributed by atoms with Crippen molar-refractivity contribution in [1.82, 2.24) is 4.98 Å². The molecule has 0 bridgehead atoms. The molecule has 0 saturated carbocycles. The molecule has 0 fully saturated rings. The quantitative estimate of drug-likeness (QED) is 0.836. The van der Waals surface area contributed by atoms with E-state index in [9.17, 15) is 5.26 Å². The number of hydrogen-bond acceptors (Lipinski definition) is 4. The molecule has 4 heteroatoms. The van der Waals surface area contributed by atoms with Crippen molar-refractivity contribution in [2.45, 2.75) is 40.2 Å². The zero-order valence-corrected chi connectivity index (χ0v) is 11.6. The van der Waals surface area contributed by atoms with Gasteiger partial charge in [-0.15, -0.1) is 0 Å². The summed E-state index contributed by atoms with van der Waals surface area (Å²) in [6, 6.07) is 4.29. The Morgan fingerprint density at radius 3 is 2.61 bits per heavy atom. The minimum Gasteiger partial charge on any atom is -0.365 e. The van der Waals surface area contributed by atoms with Crippen LogP contribution in [0.15, 0.2) is 6.07 Å². The van der Waals surface area contributed by atoms with Crippen molar-refractivity contribution < 1.29 is 0 Å². The van der Waals surface area contributed by atoms with Crippen LogP contribution in [0.25, 0.3) is 0 Å². The molecule has 3 N–H and O–H groups in total. The Bertz CT molecular complexity index is 446. The molecule has 1 atom stereocenters. The number of aromatic nitrogens is 1. The van der Waals surface area contributed by atoms with Gasteiger partial charge in [-0.3, -0.25) is 0 Å². The van der Waals surface area contributed by atoms with Crippen LogP contribution >= 0.6 is 0 Å². The van der Waals surface area contributed by atoms with E-state index < -0.39 is 0 Å². The third kappa shape index (κ3) is 3.71. The lowest BCUT2D eigenvalue weighted by Gasteiger charge is -2.20. The molecule has 0 aliphatic heterocycles. The van der Waals surface area contributed by atoms with Gasteiger partial charge in [-0.2, -0.15) is 5.26 Å². The standard InChI is InChI=1S/C14H22N4/c1-9(2)5-12(7-15)18-14-13(8-16)10(3)6-11(4)17-14/h6,9,12H,5,7,15H2,1-4H3,(H,17,18). The number of pyridine rings is 1. The molecular formula is C14H22N4. The highest BCUT2D eigenvalue weighted by Crippen LogP contribution is 2.19. The normalized spacial score (nSPS) is 12.3. The van der Waals surface area contributed by atoms with E-state index in [1.807, 2.05) is 19.9 Å². The van der Waals surface area contributed by atoms with Gasteiger partial charge in [0.1, 0.15) is 11.9 Å². The number of rotatable bonds is 5. The van der Waals surface area contributed by atoms with Crippen molar-refractivity contribution in [3.05, 3.63) is 22.9 Å². The monoisotopic (exact) mass is 246 g/mol. The maximum atomic E-state index is 9.20. The maximum absolute atomic E-state index is 9.20. The number of anilines is 1. The summed E-state index contributed by atoms with van der Waals surface area (Å²) in [5.41, 5.74) is 8.24. The van der Waals surface area contributed by atoms with Gasteiger partial charge in [0.15, 0.2) is 0 Å². The molecule has 1 aromatic rings. The van der Waals surface area contributed by atoms with E-state index in [1.54, 1.807) is 0 Å². The predicted molar refractivity (Wildman–Crippen MR) is 74.3 cm³/mol. The molecule has 0 aliphatic rings. The summed E-state index contributed by atoms with van der Waals surface area (Å²) in [6.07, 6.45) is 0.968. The van der Waals surface area contributed by atoms with Crippen LogP contribution < -0.4 is 11.1 Å². The second-order valence-corrected chi connectivity index (χ2v) is 5.12. The zero-order valence-electron chi connectivity index (χ0n) is 11.6. The van der Waals surface area contributed by atoms with Gasteiger partial charge in [-0.25, -0.2) is 4.98 Å². The van der Waals surface area contributed by atoms with Gasteiger partial charge in [0.25, 0.3) is 0 Å². The highest BCUT2D eigenvalue weighted by atomic mass is 15.0. The second-order valence-electron chi connectivity index (χ2n) is 5.12. The number of nitrogens with two attached hydrogens (primary N) is 1. The summed E-state index contributed by atoms with van der Waals surface area (Å²) in [6.45, 7) is 8.71. The Morgan fingerprint density at radius 2 is 2.11 bits per heavy atom. The lowest BCUT2D eigenvalue weighted by atomic mass is 10.0. The average Bonchev–Trinajstić information content (AvgIpc) is 2.27. The van der Waals surface area contributed by atoms with Gasteiger partial charge in [0, 0.05) is 18.3 Å². The molecule has 0 radical (unpaired) electrons. The largest absolute Gasteiger partial charge is 0.365 e. The summed E-state index contributed by atoms with van der Waals surface area (Å²) >= 11 is 0. The SMILES string of the molecule is Cc1cc(C)c(C#N)c(NC(CN)CC(C)C)n1. The van der Waals surface area contributed by atoms with Crippen LogP contribution in [0.1, 0.15) is 37.1 Å². The average molecular weight is 246 g/mol. The first kappa shape index (κ1) is 14.5. The smallest absolute Gasteiger partial charge is 0.144 e. The van der Waals surface area contributed by atoms with Gasteiger partial charge in [0.05, 0.1) is 5.56 Å². The topological polar surface area (TPSA) is 74.7 Å². The lowest BCUT2D eigenvalue weighted by molar-refractivity contribution is 0.521. The van der Waals surface area contributed by atoms with Crippen molar-refractivity contribution in [3.63, 3.8) is 0 Å². The van der Waals surface area contributed by atoms with Crippen molar-refractivity contribution in [2.75, 3.05) is 11.9 Å². The summed E-state index contributed by atoms with van der Waals surface area (Å²) < 4.78 is 0. The van der Waals surface area contributed by atoms with Crippen LogP contribution in [0.3, 0.4) is 0 Å². The molecule has 0 aliphatic carbocycles. The summed E-state index contributed by atoms with van der Waals surface area (Å²) in [5, 5.41) is 12.5. The Hall–Kier alpha value is -1.60. The minimum atomic E-state index is 0.158. The van der Waals surface area contributed by atoms with Crippen LogP contribution in [0.4, 0.5) is 5.82 Å². The molecule has 1 rings (SSSR count). The van der Waals surface area contributed by atoms with Crippen molar-refractivity contribution in [1.29, 1.82) is 5.26 Å². The van der Waals surface area contributed by atoms with E-state index in [2.05, 4.69) is 30.2 Å². The van der Waals surface area contributed by atoms with Gasteiger partial charge < -0.3 is 11.1 Å². The fourth-order valence-corrected chi connectivity index (χ4v) is 2.06. The highest BCUT2D eigenvalue weighted by Gasteiger charge is 2.14. The maximum Gasteiger partial charge on any atom is 0.144 e. The second kappa shape index (κ2) is 6.36. The van der Waals surface area contributed by atoms with Crippen LogP contribution in [0, 0.1) is 31.1 Å². The van der Waals surface area contributed by atoms with Crippen LogP contribution in [0.5, 0.6) is 0 Å². The van der Waals surface area contributed by atoms with Crippen molar-refractivity contribution in [2.24, 2.45) is 11.7 Å². The molecule has 18 heavy (non-hydrogen) atoms. The molecule has 98 valence electrons. The Balaban J connectivity index is 2.99. The summed E-state index contributed by atoms with van der Waals surface area (Å²) in [4.78, 5) is 4.41. The summed E-state index contributed by atoms with van der Waals surface area (Å²) in [7, 11) is 0. The third-order valence-electron chi connectivity index (χ3n) is 2.84. The summed E-state index contributed by atoms with van der Waals surface area (Å²) in [5.74, 6) is 1.22. The lowest BCUT2D eigenvalue weighted by Crippen LogP contribution is -2.31. The van der Waals surface area contributed by atoms with E-state index in [4.69, 9.17) is 5.73 Å². The van der Waals surface area contributed by atoms with Crippen molar-refractivity contribution >= 4 is 5.82 Å². The molecule has 1 unspecified atom stereocenters.